The number of aromatic amines is 1. The van der Waals surface area contributed by atoms with E-state index in [1.54, 1.807) is 0 Å². The summed E-state index contributed by atoms with van der Waals surface area (Å²) < 4.78 is 52.0. The first-order valence-corrected chi connectivity index (χ1v) is 19.5. The van der Waals surface area contributed by atoms with Crippen molar-refractivity contribution < 1.29 is 26.2 Å². The van der Waals surface area contributed by atoms with E-state index in [1.165, 1.54) is 16.8 Å². The number of hydrogen-bond donors (Lipinski definition) is 2. The molecule has 0 amide bonds. The number of nitrogens with zero attached hydrogens (tertiary/aromatic N) is 1. The van der Waals surface area contributed by atoms with Crippen molar-refractivity contribution >= 4 is 26.8 Å². The van der Waals surface area contributed by atoms with E-state index >= 15 is 0 Å². The molecule has 1 aromatic heterocycles. The largest absolute Gasteiger partial charge is 0.414 e. The number of nitrogens with two attached hydrogens (primary N) is 1. The standard InChI is InChI=1S/C23H41N3O8SSi2/c1-21(2,3)36(7,8)31-13-16-23(15(24)14-35(29,30)34-23)18(33-37(9,10)22(4,5)6)19(32-16)26-12-11-17(27)25-20(26)28/h11-12,14,16,18-19H,13,24H2,1-10H3,(H,25,27,28)/t16-,18+,19-,23-/m1/s1. The van der Waals surface area contributed by atoms with Gasteiger partial charge in [0, 0.05) is 12.3 Å². The number of ether oxygens (including phenoxy) is 1. The van der Waals surface area contributed by atoms with Gasteiger partial charge in [-0.25, -0.2) is 8.98 Å². The minimum absolute atomic E-state index is 0.0352. The Bertz CT molecular complexity index is 1290. The summed E-state index contributed by atoms with van der Waals surface area (Å²) in [6, 6.07) is 1.19. The second-order valence-electron chi connectivity index (χ2n) is 12.8. The van der Waals surface area contributed by atoms with Gasteiger partial charge in [0.2, 0.25) is 0 Å². The molecule has 3 rings (SSSR count). The van der Waals surface area contributed by atoms with Crippen molar-refractivity contribution in [2.75, 3.05) is 6.61 Å². The molecule has 4 atom stereocenters. The van der Waals surface area contributed by atoms with E-state index in [9.17, 15) is 18.0 Å². The third-order valence-corrected chi connectivity index (χ3v) is 18.2. The Hall–Kier alpha value is -1.56. The van der Waals surface area contributed by atoms with Crippen LogP contribution < -0.4 is 17.0 Å². The van der Waals surface area contributed by atoms with Crippen molar-refractivity contribution in [1.29, 1.82) is 0 Å². The molecule has 1 aromatic rings. The molecule has 37 heavy (non-hydrogen) atoms. The van der Waals surface area contributed by atoms with E-state index in [0.717, 1.165) is 5.41 Å². The van der Waals surface area contributed by atoms with Crippen LogP contribution in [0.25, 0.3) is 0 Å². The highest BCUT2D eigenvalue weighted by molar-refractivity contribution is 7.90. The molecule has 11 nitrogen and oxygen atoms in total. The van der Waals surface area contributed by atoms with Crippen molar-refractivity contribution in [2.45, 2.75) is 102 Å². The third-order valence-electron chi connectivity index (χ3n) is 8.20. The van der Waals surface area contributed by atoms with Gasteiger partial charge in [-0.3, -0.25) is 14.3 Å². The van der Waals surface area contributed by atoms with Crippen LogP contribution >= 0.6 is 0 Å². The zero-order chi connectivity index (χ0) is 28.4. The lowest BCUT2D eigenvalue weighted by Crippen LogP contribution is -2.59. The van der Waals surface area contributed by atoms with Gasteiger partial charge >= 0.3 is 5.69 Å². The number of rotatable bonds is 6. The van der Waals surface area contributed by atoms with Gasteiger partial charge in [-0.1, -0.05) is 41.5 Å². The minimum atomic E-state index is -4.17. The lowest BCUT2D eigenvalue weighted by Gasteiger charge is -2.43. The molecule has 1 fully saturated rings. The molecule has 3 heterocycles. The van der Waals surface area contributed by atoms with Crippen LogP contribution in [0.4, 0.5) is 0 Å². The second kappa shape index (κ2) is 9.28. The SMILES string of the molecule is CC(C)(C)[Si](C)(C)OC[C@H]1O[C@@H](n2ccc(=O)[nH]c2=O)[C@H](O[Si](C)(C)C(C)(C)C)[C@]12OS(=O)(=O)C=C2N. The van der Waals surface area contributed by atoms with Crippen LogP contribution in [0.15, 0.2) is 33.0 Å². The first kappa shape index (κ1) is 30.0. The molecular weight excluding hydrogens is 535 g/mol. The lowest BCUT2D eigenvalue weighted by molar-refractivity contribution is -0.0562. The maximum absolute atomic E-state index is 12.9. The van der Waals surface area contributed by atoms with E-state index in [2.05, 4.69) is 38.8 Å². The van der Waals surface area contributed by atoms with E-state index < -0.39 is 62.0 Å². The lowest BCUT2D eigenvalue weighted by atomic mass is 9.89. The zero-order valence-electron chi connectivity index (χ0n) is 23.4. The van der Waals surface area contributed by atoms with Crippen LogP contribution in [-0.4, -0.2) is 59.0 Å². The number of aromatic nitrogens is 2. The summed E-state index contributed by atoms with van der Waals surface area (Å²) >= 11 is 0. The molecule has 0 saturated carbocycles. The monoisotopic (exact) mass is 575 g/mol. The van der Waals surface area contributed by atoms with Crippen LogP contribution in [0.5, 0.6) is 0 Å². The quantitative estimate of drug-likeness (QED) is 0.385. The topological polar surface area (TPSA) is 152 Å². The molecule has 0 bridgehead atoms. The van der Waals surface area contributed by atoms with E-state index in [-0.39, 0.29) is 22.4 Å². The Kier molecular flexibility index (Phi) is 7.52. The molecule has 2 aliphatic rings. The smallest absolute Gasteiger partial charge is 0.330 e. The van der Waals surface area contributed by atoms with Crippen molar-refractivity contribution in [3.05, 3.63) is 44.2 Å². The van der Waals surface area contributed by atoms with Gasteiger partial charge < -0.3 is 19.3 Å². The number of nitrogens with one attached hydrogen (secondary N) is 1. The number of H-pyrrole nitrogens is 1. The first-order valence-electron chi connectivity index (χ1n) is 12.3. The van der Waals surface area contributed by atoms with Gasteiger partial charge in [0.25, 0.3) is 15.7 Å². The molecular formula is C23H41N3O8SSi2. The third kappa shape index (κ3) is 5.47. The molecule has 1 saturated heterocycles. The zero-order valence-corrected chi connectivity index (χ0v) is 26.2. The molecule has 2 aliphatic heterocycles. The average Bonchev–Trinajstić information content (AvgIpc) is 3.11. The van der Waals surface area contributed by atoms with Crippen LogP contribution in [0.3, 0.4) is 0 Å². The molecule has 0 aromatic carbocycles. The minimum Gasteiger partial charge on any atom is -0.414 e. The van der Waals surface area contributed by atoms with Crippen LogP contribution in [0.1, 0.15) is 47.8 Å². The Balaban J connectivity index is 2.21. The first-order chi connectivity index (χ1) is 16.5. The van der Waals surface area contributed by atoms with Gasteiger partial charge in [0.1, 0.15) is 12.2 Å². The van der Waals surface area contributed by atoms with Crippen molar-refractivity contribution in [1.82, 2.24) is 9.55 Å². The number of hydrogen-bond acceptors (Lipinski definition) is 9. The molecule has 0 unspecified atom stereocenters. The highest BCUT2D eigenvalue weighted by Gasteiger charge is 2.67. The van der Waals surface area contributed by atoms with E-state index in [4.69, 9.17) is 23.5 Å². The van der Waals surface area contributed by atoms with Gasteiger partial charge in [-0.05, 0) is 36.3 Å². The normalized spacial score (nSPS) is 28.6. The predicted octanol–water partition coefficient (Wildman–Crippen LogP) is 2.75. The van der Waals surface area contributed by atoms with Crippen LogP contribution in [-0.2, 0) is 27.9 Å². The van der Waals surface area contributed by atoms with Gasteiger partial charge in [-0.15, -0.1) is 0 Å². The maximum Gasteiger partial charge on any atom is 0.330 e. The molecule has 14 heteroatoms. The van der Waals surface area contributed by atoms with Crippen LogP contribution in [0.2, 0.25) is 36.3 Å². The van der Waals surface area contributed by atoms with Gasteiger partial charge in [0.15, 0.2) is 28.5 Å². The fourth-order valence-electron chi connectivity index (χ4n) is 3.84. The summed E-state index contributed by atoms with van der Waals surface area (Å²) in [4.78, 5) is 26.9. The van der Waals surface area contributed by atoms with E-state index in [1.807, 2.05) is 33.9 Å². The molecule has 210 valence electrons. The van der Waals surface area contributed by atoms with Gasteiger partial charge in [0.05, 0.1) is 17.7 Å². The van der Waals surface area contributed by atoms with Crippen LogP contribution in [0, 0.1) is 0 Å². The second-order valence-corrected chi connectivity index (χ2v) is 23.8. The predicted molar refractivity (Wildman–Crippen MR) is 145 cm³/mol. The van der Waals surface area contributed by atoms with Crippen molar-refractivity contribution in [3.8, 4) is 0 Å². The summed E-state index contributed by atoms with van der Waals surface area (Å²) in [6.45, 7) is 20.4. The maximum atomic E-state index is 12.9. The average molecular weight is 576 g/mol. The summed E-state index contributed by atoms with van der Waals surface area (Å²) in [5, 5.41) is 0.463. The highest BCUT2D eigenvalue weighted by atomic mass is 32.2. The summed E-state index contributed by atoms with van der Waals surface area (Å²) in [5.41, 5.74) is 3.25. The molecule has 3 N–H and O–H groups in total. The summed E-state index contributed by atoms with van der Waals surface area (Å²) in [6.07, 6.45) is -2.00. The highest BCUT2D eigenvalue weighted by Crippen LogP contribution is 2.52. The molecule has 1 spiro atoms. The Morgan fingerprint density at radius 1 is 1.08 bits per heavy atom. The Labute approximate surface area is 220 Å². The van der Waals surface area contributed by atoms with Crippen molar-refractivity contribution in [3.63, 3.8) is 0 Å². The van der Waals surface area contributed by atoms with Crippen molar-refractivity contribution in [2.24, 2.45) is 5.73 Å². The van der Waals surface area contributed by atoms with Gasteiger partial charge in [-0.2, -0.15) is 8.42 Å². The Morgan fingerprint density at radius 2 is 1.65 bits per heavy atom. The molecule has 0 radical (unpaired) electrons. The summed E-state index contributed by atoms with van der Waals surface area (Å²) in [5.74, 6) is 0. The molecule has 0 aliphatic carbocycles. The van der Waals surface area contributed by atoms with E-state index in [0.29, 0.717) is 0 Å². The fraction of sp³-hybridized carbons (Fsp3) is 0.739. The summed E-state index contributed by atoms with van der Waals surface area (Å²) in [7, 11) is -9.10. The fourth-order valence-corrected chi connectivity index (χ4v) is 7.35. The Morgan fingerprint density at radius 3 is 2.11 bits per heavy atom.